The second-order valence-electron chi connectivity index (χ2n) is 3.80. The lowest BCUT2D eigenvalue weighted by molar-refractivity contribution is 0.0363. The van der Waals surface area contributed by atoms with E-state index in [1.165, 1.54) is 28.1 Å². The number of phosphoric ester groups is 2. The molecule has 0 saturated heterocycles. The maximum Gasteiger partial charge on any atom is 0.476 e. The van der Waals surface area contributed by atoms with Crippen LogP contribution in [0.5, 0.6) is 0 Å². The highest BCUT2D eigenvalue weighted by atomic mass is 31.2. The van der Waals surface area contributed by atoms with E-state index in [1.54, 1.807) is 0 Å². The monoisotopic (exact) mass is 321 g/mol. The molecular weight excluding hydrogens is 300 g/mol. The summed E-state index contributed by atoms with van der Waals surface area (Å²) in [7, 11) is -3.89. The van der Waals surface area contributed by atoms with Gasteiger partial charge in [0.1, 0.15) is 5.72 Å². The van der Waals surface area contributed by atoms with Crippen molar-refractivity contribution in [3.63, 3.8) is 0 Å². The molecule has 0 aromatic rings. The van der Waals surface area contributed by atoms with Gasteiger partial charge in [0.2, 0.25) is 0 Å². The molecule has 0 radical (unpaired) electrons. The first-order valence-electron chi connectivity index (χ1n) is 5.26. The van der Waals surface area contributed by atoms with E-state index in [0.29, 0.717) is 0 Å². The summed E-state index contributed by atoms with van der Waals surface area (Å²) in [4.78, 5) is 0. The standard InChI is InChI=1S/C8H21NO8P2/c1-8(2,9)17-19(11,14-5)16-7-6-15-18(10,12-3)13-4/h6-7,9H2,1-5H3. The van der Waals surface area contributed by atoms with Crippen LogP contribution in [0, 0.1) is 0 Å². The van der Waals surface area contributed by atoms with Crippen LogP contribution in [0.3, 0.4) is 0 Å². The molecule has 0 heterocycles. The highest BCUT2D eigenvalue weighted by molar-refractivity contribution is 7.48. The van der Waals surface area contributed by atoms with Crippen LogP contribution in [0.4, 0.5) is 0 Å². The fourth-order valence-corrected chi connectivity index (χ4v) is 2.65. The molecule has 0 aliphatic heterocycles. The number of hydrogen-bond acceptors (Lipinski definition) is 9. The SMILES string of the molecule is COP(=O)(OC)OCCOP(=O)(OC)OC(C)(C)N. The van der Waals surface area contributed by atoms with Gasteiger partial charge in [-0.2, -0.15) is 0 Å². The minimum absolute atomic E-state index is 0.194. The van der Waals surface area contributed by atoms with Gasteiger partial charge in [-0.3, -0.25) is 27.1 Å². The first-order valence-corrected chi connectivity index (χ1v) is 8.18. The molecule has 0 saturated carbocycles. The second-order valence-corrected chi connectivity index (χ2v) is 7.39. The molecule has 19 heavy (non-hydrogen) atoms. The Kier molecular flexibility index (Phi) is 7.90. The van der Waals surface area contributed by atoms with E-state index in [2.05, 4.69) is 13.6 Å². The zero-order valence-corrected chi connectivity index (χ0v) is 13.4. The van der Waals surface area contributed by atoms with Crippen LogP contribution >= 0.6 is 15.6 Å². The summed E-state index contributed by atoms with van der Waals surface area (Å²) in [6.45, 7) is 2.57. The summed E-state index contributed by atoms with van der Waals surface area (Å²) in [5.41, 5.74) is 4.35. The number of hydrogen-bond donors (Lipinski definition) is 1. The molecule has 1 unspecified atom stereocenters. The molecule has 0 aliphatic carbocycles. The van der Waals surface area contributed by atoms with Crippen LogP contribution in [0.1, 0.15) is 13.8 Å². The van der Waals surface area contributed by atoms with E-state index in [1.807, 2.05) is 0 Å². The maximum atomic E-state index is 11.9. The normalized spacial score (nSPS) is 16.3. The molecular formula is C8H21NO8P2. The Labute approximate surface area is 112 Å². The van der Waals surface area contributed by atoms with E-state index < -0.39 is 21.4 Å². The number of rotatable bonds is 10. The van der Waals surface area contributed by atoms with Crippen molar-refractivity contribution < 1.29 is 36.3 Å². The van der Waals surface area contributed by atoms with Crippen molar-refractivity contribution >= 4 is 15.6 Å². The third-order valence-electron chi connectivity index (χ3n) is 1.60. The van der Waals surface area contributed by atoms with Gasteiger partial charge in [-0.1, -0.05) is 0 Å². The molecule has 9 nitrogen and oxygen atoms in total. The van der Waals surface area contributed by atoms with Crippen LogP contribution in [-0.2, 0) is 36.3 Å². The van der Waals surface area contributed by atoms with Gasteiger partial charge in [-0.25, -0.2) is 9.13 Å². The molecule has 0 rings (SSSR count). The summed E-state index contributed by atoms with van der Waals surface area (Å²) >= 11 is 0. The van der Waals surface area contributed by atoms with Crippen molar-refractivity contribution in [3.8, 4) is 0 Å². The van der Waals surface area contributed by atoms with Crippen molar-refractivity contribution in [2.24, 2.45) is 5.73 Å². The third-order valence-corrected chi connectivity index (χ3v) is 4.63. The lowest BCUT2D eigenvalue weighted by Gasteiger charge is -2.24. The molecule has 0 aliphatic rings. The van der Waals surface area contributed by atoms with E-state index in [4.69, 9.17) is 19.3 Å². The van der Waals surface area contributed by atoms with Crippen LogP contribution in [-0.4, -0.2) is 40.3 Å². The molecule has 0 amide bonds. The van der Waals surface area contributed by atoms with Crippen molar-refractivity contribution in [2.75, 3.05) is 34.5 Å². The van der Waals surface area contributed by atoms with E-state index in [-0.39, 0.29) is 13.2 Å². The van der Waals surface area contributed by atoms with Gasteiger partial charge in [0.25, 0.3) is 0 Å². The van der Waals surface area contributed by atoms with Gasteiger partial charge in [-0.05, 0) is 13.8 Å². The van der Waals surface area contributed by atoms with Gasteiger partial charge in [0.05, 0.1) is 13.2 Å². The summed E-state index contributed by atoms with van der Waals surface area (Å²) in [6.07, 6.45) is 0. The smallest absolute Gasteiger partial charge is 0.303 e. The van der Waals surface area contributed by atoms with Crippen LogP contribution in [0.15, 0.2) is 0 Å². The van der Waals surface area contributed by atoms with Crippen molar-refractivity contribution in [1.29, 1.82) is 0 Å². The van der Waals surface area contributed by atoms with Crippen LogP contribution in [0.2, 0.25) is 0 Å². The lowest BCUT2D eigenvalue weighted by Crippen LogP contribution is -2.34. The van der Waals surface area contributed by atoms with Crippen LogP contribution < -0.4 is 5.73 Å². The average molecular weight is 321 g/mol. The molecule has 2 N–H and O–H groups in total. The summed E-state index contributed by atoms with van der Waals surface area (Å²) in [6, 6.07) is 0. The lowest BCUT2D eigenvalue weighted by atomic mass is 10.4. The molecule has 0 aromatic heterocycles. The van der Waals surface area contributed by atoms with Crippen LogP contribution in [0.25, 0.3) is 0 Å². The Balaban J connectivity index is 4.24. The summed E-state index contributed by atoms with van der Waals surface area (Å²) in [5, 5.41) is 0. The molecule has 0 spiro atoms. The zero-order valence-electron chi connectivity index (χ0n) is 11.7. The predicted molar refractivity (Wildman–Crippen MR) is 67.5 cm³/mol. The Morgan fingerprint density at radius 3 is 1.58 bits per heavy atom. The van der Waals surface area contributed by atoms with Gasteiger partial charge in [0.15, 0.2) is 0 Å². The number of nitrogens with two attached hydrogens (primary N) is 1. The van der Waals surface area contributed by atoms with Gasteiger partial charge < -0.3 is 5.73 Å². The molecule has 1 atom stereocenters. The molecule has 11 heteroatoms. The minimum atomic E-state index is -3.80. The maximum absolute atomic E-state index is 11.9. The van der Waals surface area contributed by atoms with Crippen molar-refractivity contribution in [1.82, 2.24) is 0 Å². The van der Waals surface area contributed by atoms with Crippen molar-refractivity contribution in [3.05, 3.63) is 0 Å². The molecule has 0 bridgehead atoms. The summed E-state index contributed by atoms with van der Waals surface area (Å²) < 4.78 is 51.8. The Morgan fingerprint density at radius 2 is 1.26 bits per heavy atom. The topological polar surface area (TPSA) is 116 Å². The first kappa shape index (κ1) is 19.2. The van der Waals surface area contributed by atoms with Crippen molar-refractivity contribution in [2.45, 2.75) is 19.6 Å². The largest absolute Gasteiger partial charge is 0.476 e. The zero-order chi connectivity index (χ0) is 15.2. The molecule has 0 fully saturated rings. The van der Waals surface area contributed by atoms with Gasteiger partial charge in [-0.15, -0.1) is 0 Å². The average Bonchev–Trinajstić information content (AvgIpc) is 2.32. The highest BCUT2D eigenvalue weighted by Crippen LogP contribution is 2.51. The fraction of sp³-hybridized carbons (Fsp3) is 1.00. The van der Waals surface area contributed by atoms with E-state index in [9.17, 15) is 9.13 Å². The van der Waals surface area contributed by atoms with E-state index >= 15 is 0 Å². The molecule has 116 valence electrons. The van der Waals surface area contributed by atoms with E-state index in [0.717, 1.165) is 7.11 Å². The molecule has 0 aromatic carbocycles. The predicted octanol–water partition coefficient (Wildman–Crippen LogP) is 1.89. The number of phosphoric acid groups is 2. The summed E-state index contributed by atoms with van der Waals surface area (Å²) in [5.74, 6) is 0. The fourth-order valence-electron chi connectivity index (χ4n) is 0.883. The third kappa shape index (κ3) is 8.14. The minimum Gasteiger partial charge on any atom is -0.303 e. The van der Waals surface area contributed by atoms with Gasteiger partial charge in [0, 0.05) is 21.3 Å². The second kappa shape index (κ2) is 7.83. The van der Waals surface area contributed by atoms with Gasteiger partial charge >= 0.3 is 15.6 Å². The Bertz CT molecular complexity index is 347. The Hall–Kier alpha value is 0.180. The highest BCUT2D eigenvalue weighted by Gasteiger charge is 2.32. The quantitative estimate of drug-likeness (QED) is 0.366. The Morgan fingerprint density at radius 1 is 0.895 bits per heavy atom. The first-order chi connectivity index (χ1) is 8.60.